The van der Waals surface area contributed by atoms with Gasteiger partial charge in [-0.2, -0.15) is 0 Å². The van der Waals surface area contributed by atoms with Gasteiger partial charge in [0.05, 0.1) is 6.20 Å². The van der Waals surface area contributed by atoms with Gasteiger partial charge in [0, 0.05) is 41.5 Å². The highest BCUT2D eigenvalue weighted by Gasteiger charge is 2.24. The maximum atomic E-state index is 12.4. The van der Waals surface area contributed by atoms with E-state index in [2.05, 4.69) is 24.8 Å². The quantitative estimate of drug-likeness (QED) is 0.743. The molecule has 0 aromatic carbocycles. The van der Waals surface area contributed by atoms with E-state index in [1.54, 1.807) is 32.4 Å². The van der Waals surface area contributed by atoms with Gasteiger partial charge in [0.15, 0.2) is 11.6 Å². The molecule has 1 N–H and O–H groups in total. The summed E-state index contributed by atoms with van der Waals surface area (Å²) in [4.78, 5) is 12.8. The second-order valence-electron chi connectivity index (χ2n) is 5.56. The molecule has 0 spiro atoms. The van der Waals surface area contributed by atoms with Crippen LogP contribution in [0.5, 0.6) is 0 Å². The predicted octanol–water partition coefficient (Wildman–Crippen LogP) is 2.18. The smallest absolute Gasteiger partial charge is 0.246 e. The first-order valence-electron chi connectivity index (χ1n) is 7.56. The minimum atomic E-state index is -3.74. The lowest BCUT2D eigenvalue weighted by Crippen LogP contribution is -2.28. The van der Waals surface area contributed by atoms with Crippen LogP contribution in [-0.2, 0) is 10.0 Å². The summed E-state index contributed by atoms with van der Waals surface area (Å²) in [6, 6.07) is 3.12. The third kappa shape index (κ3) is 3.57. The van der Waals surface area contributed by atoms with Crippen LogP contribution in [0.2, 0.25) is 0 Å². The number of pyridine rings is 1. The van der Waals surface area contributed by atoms with Crippen LogP contribution in [0.25, 0.3) is 11.4 Å². The van der Waals surface area contributed by atoms with Crippen molar-refractivity contribution < 1.29 is 12.9 Å². The Morgan fingerprint density at radius 1 is 1.16 bits per heavy atom. The number of nitrogens with zero attached hydrogens (tertiary/aromatic N) is 4. The summed E-state index contributed by atoms with van der Waals surface area (Å²) in [5.74, 6) is 0.800. The van der Waals surface area contributed by atoms with E-state index in [9.17, 15) is 8.42 Å². The fourth-order valence-electron chi connectivity index (χ4n) is 2.45. The standard InChI is InChI=1S/C16H17N5O3S/c1-10-14(8-18-16(20-10)13-4-6-17-7-5-13)11(2)21-25(22,23)15-9-19-24-12(15)3/h4-9,11,21H,1-3H3/t11-/m0/s1. The highest BCUT2D eigenvalue weighted by Crippen LogP contribution is 2.22. The number of aromatic nitrogens is 4. The molecule has 0 bridgehead atoms. The number of sulfonamides is 1. The lowest BCUT2D eigenvalue weighted by Gasteiger charge is -2.16. The number of hydrogen-bond acceptors (Lipinski definition) is 7. The van der Waals surface area contributed by atoms with E-state index in [1.165, 1.54) is 6.20 Å². The number of nitrogens with one attached hydrogen (secondary N) is 1. The molecule has 0 radical (unpaired) electrons. The zero-order valence-electron chi connectivity index (χ0n) is 14.0. The van der Waals surface area contributed by atoms with Gasteiger partial charge in [-0.25, -0.2) is 23.1 Å². The first-order valence-corrected chi connectivity index (χ1v) is 9.04. The maximum absolute atomic E-state index is 12.4. The molecule has 3 rings (SSSR count). The molecule has 25 heavy (non-hydrogen) atoms. The molecule has 8 nitrogen and oxygen atoms in total. The van der Waals surface area contributed by atoms with E-state index < -0.39 is 16.1 Å². The third-order valence-corrected chi connectivity index (χ3v) is 5.39. The van der Waals surface area contributed by atoms with Gasteiger partial charge in [0.25, 0.3) is 0 Å². The molecular formula is C16H17N5O3S. The molecule has 3 aromatic heterocycles. The summed E-state index contributed by atoms with van der Waals surface area (Å²) < 4.78 is 32.3. The number of hydrogen-bond donors (Lipinski definition) is 1. The Bertz CT molecular complexity index is 986. The summed E-state index contributed by atoms with van der Waals surface area (Å²) in [6.07, 6.45) is 6.14. The van der Waals surface area contributed by atoms with Crippen molar-refractivity contribution in [2.24, 2.45) is 0 Å². The van der Waals surface area contributed by atoms with Gasteiger partial charge in [-0.05, 0) is 32.9 Å². The van der Waals surface area contributed by atoms with Gasteiger partial charge in [0.2, 0.25) is 10.0 Å². The van der Waals surface area contributed by atoms with Gasteiger partial charge in [-0.15, -0.1) is 0 Å². The SMILES string of the molecule is Cc1nc(-c2ccncc2)ncc1[C@H](C)NS(=O)(=O)c1cnoc1C. The molecular weight excluding hydrogens is 342 g/mol. The Balaban J connectivity index is 1.86. The average molecular weight is 359 g/mol. The summed E-state index contributed by atoms with van der Waals surface area (Å²) in [7, 11) is -3.74. The van der Waals surface area contributed by atoms with E-state index >= 15 is 0 Å². The molecule has 0 aliphatic rings. The molecule has 0 saturated heterocycles. The maximum Gasteiger partial charge on any atom is 0.246 e. The normalized spacial score (nSPS) is 12.9. The van der Waals surface area contributed by atoms with Gasteiger partial charge in [-0.1, -0.05) is 5.16 Å². The van der Waals surface area contributed by atoms with Crippen molar-refractivity contribution in [3.63, 3.8) is 0 Å². The average Bonchev–Trinajstić information content (AvgIpc) is 3.02. The van der Waals surface area contributed by atoms with E-state index in [0.717, 1.165) is 5.56 Å². The van der Waals surface area contributed by atoms with E-state index in [0.29, 0.717) is 17.1 Å². The van der Waals surface area contributed by atoms with Gasteiger partial charge in [0.1, 0.15) is 4.90 Å². The molecule has 0 unspecified atom stereocenters. The molecule has 1 atom stereocenters. The topological polar surface area (TPSA) is 111 Å². The first kappa shape index (κ1) is 17.2. The van der Waals surface area contributed by atoms with Crippen LogP contribution >= 0.6 is 0 Å². The second-order valence-corrected chi connectivity index (χ2v) is 7.24. The fraction of sp³-hybridized carbons (Fsp3) is 0.250. The van der Waals surface area contributed by atoms with Crippen molar-refractivity contribution in [2.75, 3.05) is 0 Å². The zero-order chi connectivity index (χ0) is 18.0. The van der Waals surface area contributed by atoms with Gasteiger partial charge in [-0.3, -0.25) is 4.98 Å². The van der Waals surface area contributed by atoms with Crippen LogP contribution in [0.3, 0.4) is 0 Å². The van der Waals surface area contributed by atoms with Crippen LogP contribution in [0.1, 0.15) is 30.0 Å². The lowest BCUT2D eigenvalue weighted by molar-refractivity contribution is 0.394. The van der Waals surface area contributed by atoms with Crippen LogP contribution in [0.4, 0.5) is 0 Å². The Morgan fingerprint density at radius 2 is 1.88 bits per heavy atom. The zero-order valence-corrected chi connectivity index (χ0v) is 14.8. The third-order valence-electron chi connectivity index (χ3n) is 3.75. The van der Waals surface area contributed by atoms with Crippen molar-refractivity contribution in [1.82, 2.24) is 24.8 Å². The Labute approximate surface area is 145 Å². The van der Waals surface area contributed by atoms with Crippen LogP contribution in [0.15, 0.2) is 46.3 Å². The molecule has 9 heteroatoms. The van der Waals surface area contributed by atoms with Crippen LogP contribution in [-0.4, -0.2) is 28.5 Å². The van der Waals surface area contributed by atoms with E-state index in [-0.39, 0.29) is 10.7 Å². The molecule has 0 aliphatic heterocycles. The van der Waals surface area contributed by atoms with E-state index in [4.69, 9.17) is 4.52 Å². The summed E-state index contributed by atoms with van der Waals surface area (Å²) in [5.41, 5.74) is 2.23. The van der Waals surface area contributed by atoms with Crippen LogP contribution < -0.4 is 4.72 Å². The monoisotopic (exact) mass is 359 g/mol. The predicted molar refractivity (Wildman–Crippen MR) is 90.0 cm³/mol. The summed E-state index contributed by atoms with van der Waals surface area (Å²) in [5, 5.41) is 3.51. The lowest BCUT2D eigenvalue weighted by atomic mass is 10.1. The molecule has 0 fully saturated rings. The number of rotatable bonds is 5. The highest BCUT2D eigenvalue weighted by molar-refractivity contribution is 7.89. The molecule has 3 heterocycles. The summed E-state index contributed by atoms with van der Waals surface area (Å²) in [6.45, 7) is 5.10. The highest BCUT2D eigenvalue weighted by atomic mass is 32.2. The minimum Gasteiger partial charge on any atom is -0.360 e. The van der Waals surface area contributed by atoms with Crippen molar-refractivity contribution in [3.8, 4) is 11.4 Å². The summed E-state index contributed by atoms with van der Waals surface area (Å²) >= 11 is 0. The minimum absolute atomic E-state index is 0.0197. The largest absolute Gasteiger partial charge is 0.360 e. The van der Waals surface area contributed by atoms with Crippen molar-refractivity contribution in [3.05, 3.63) is 53.9 Å². The first-order chi connectivity index (χ1) is 11.9. The van der Waals surface area contributed by atoms with Gasteiger partial charge >= 0.3 is 0 Å². The van der Waals surface area contributed by atoms with Crippen molar-refractivity contribution >= 4 is 10.0 Å². The molecule has 0 saturated carbocycles. The Hall–Kier alpha value is -2.65. The molecule has 0 aliphatic carbocycles. The molecule has 130 valence electrons. The van der Waals surface area contributed by atoms with E-state index in [1.807, 2.05) is 19.1 Å². The van der Waals surface area contributed by atoms with Crippen molar-refractivity contribution in [2.45, 2.75) is 31.7 Å². The Kier molecular flexibility index (Phi) is 4.60. The molecule has 3 aromatic rings. The van der Waals surface area contributed by atoms with Gasteiger partial charge < -0.3 is 4.52 Å². The fourth-order valence-corrected chi connectivity index (χ4v) is 3.77. The van der Waals surface area contributed by atoms with Crippen LogP contribution in [0, 0.1) is 13.8 Å². The Morgan fingerprint density at radius 3 is 2.48 bits per heavy atom. The number of aryl methyl sites for hydroxylation is 2. The second kappa shape index (κ2) is 6.69. The van der Waals surface area contributed by atoms with Crippen molar-refractivity contribution in [1.29, 1.82) is 0 Å². The molecule has 0 amide bonds.